The first kappa shape index (κ1) is 25.2. The predicted octanol–water partition coefficient (Wildman–Crippen LogP) is 7.28. The van der Waals surface area contributed by atoms with Crippen molar-refractivity contribution in [1.29, 1.82) is 0 Å². The molecule has 0 bridgehead atoms. The maximum atomic E-state index is 11.5. The molecule has 0 fully saturated rings. The van der Waals surface area contributed by atoms with Gasteiger partial charge in [0.1, 0.15) is 10.6 Å². The van der Waals surface area contributed by atoms with E-state index in [4.69, 9.17) is 4.74 Å². The molecule has 0 spiro atoms. The number of aromatic hydroxyl groups is 1. The Balaban J connectivity index is 1.78. The van der Waals surface area contributed by atoms with E-state index in [2.05, 4.69) is 6.92 Å². The van der Waals surface area contributed by atoms with Gasteiger partial charge in [-0.15, -0.1) is 0 Å². The zero-order chi connectivity index (χ0) is 22.5. The summed E-state index contributed by atoms with van der Waals surface area (Å²) in [6, 6.07) is 11.0. The summed E-state index contributed by atoms with van der Waals surface area (Å²) in [6.07, 6.45) is 14.6. The van der Waals surface area contributed by atoms with Crippen LogP contribution >= 0.6 is 0 Å². The maximum absolute atomic E-state index is 11.5. The lowest BCUT2D eigenvalue weighted by Gasteiger charge is -2.13. The van der Waals surface area contributed by atoms with Gasteiger partial charge in [0.25, 0.3) is 10.1 Å². The Morgan fingerprint density at radius 3 is 1.90 bits per heavy atom. The van der Waals surface area contributed by atoms with Gasteiger partial charge in [-0.25, -0.2) is 0 Å². The van der Waals surface area contributed by atoms with Crippen LogP contribution in [0.4, 0.5) is 0 Å². The van der Waals surface area contributed by atoms with Gasteiger partial charge < -0.3 is 9.84 Å². The Bertz CT molecular complexity index is 893. The molecule has 0 aliphatic rings. The van der Waals surface area contributed by atoms with Crippen LogP contribution in [-0.4, -0.2) is 18.1 Å². The Hall–Kier alpha value is -2.05. The third kappa shape index (κ3) is 8.91. The molecule has 0 aliphatic carbocycles. The van der Waals surface area contributed by atoms with Crippen molar-refractivity contribution in [2.24, 2.45) is 0 Å². The quantitative estimate of drug-likeness (QED) is 0.221. The van der Waals surface area contributed by atoms with Gasteiger partial charge in [-0.3, -0.25) is 4.55 Å². The van der Waals surface area contributed by atoms with Gasteiger partial charge in [-0.05, 0) is 36.6 Å². The smallest absolute Gasteiger partial charge is 0.298 e. The highest BCUT2D eigenvalue weighted by Crippen LogP contribution is 2.36. The summed E-state index contributed by atoms with van der Waals surface area (Å²) in [4.78, 5) is -0.329. The second kappa shape index (κ2) is 13.4. The largest absolute Gasteiger partial charge is 0.504 e. The topological polar surface area (TPSA) is 83.8 Å². The van der Waals surface area contributed by atoms with Crippen molar-refractivity contribution in [3.05, 3.63) is 48.0 Å². The fourth-order valence-corrected chi connectivity index (χ4v) is 4.31. The van der Waals surface area contributed by atoms with E-state index < -0.39 is 10.1 Å². The van der Waals surface area contributed by atoms with Gasteiger partial charge in [0.2, 0.25) is 0 Å². The van der Waals surface area contributed by atoms with Crippen molar-refractivity contribution in [1.82, 2.24) is 0 Å². The van der Waals surface area contributed by atoms with E-state index in [0.29, 0.717) is 0 Å². The van der Waals surface area contributed by atoms with Crippen molar-refractivity contribution in [2.75, 3.05) is 0 Å². The molecular formula is C25H36O5S. The summed E-state index contributed by atoms with van der Waals surface area (Å²) < 4.78 is 38.1. The van der Waals surface area contributed by atoms with Crippen LogP contribution in [0.15, 0.2) is 47.4 Å². The van der Waals surface area contributed by atoms with Gasteiger partial charge in [0.15, 0.2) is 11.5 Å². The molecule has 2 aromatic rings. The van der Waals surface area contributed by atoms with Crippen LogP contribution in [-0.2, 0) is 16.5 Å². The van der Waals surface area contributed by atoms with Crippen LogP contribution in [0.1, 0.15) is 83.1 Å². The first-order valence-electron chi connectivity index (χ1n) is 11.5. The predicted molar refractivity (Wildman–Crippen MR) is 125 cm³/mol. The molecule has 0 unspecified atom stereocenters. The second-order valence-electron chi connectivity index (χ2n) is 8.07. The zero-order valence-corrected chi connectivity index (χ0v) is 19.4. The van der Waals surface area contributed by atoms with Crippen molar-refractivity contribution >= 4 is 10.1 Å². The number of phenolic OH excluding ortho intramolecular Hbond substituents is 1. The van der Waals surface area contributed by atoms with Gasteiger partial charge in [0, 0.05) is 0 Å². The molecule has 0 saturated carbocycles. The molecule has 6 heteroatoms. The minimum Gasteiger partial charge on any atom is -0.504 e. The SMILES string of the molecule is CCCCCCCCCCCCCc1cccc(Oc2ccccc2S(=O)(=O)O)c1O. The molecule has 172 valence electrons. The Morgan fingerprint density at radius 1 is 0.742 bits per heavy atom. The third-order valence-electron chi connectivity index (χ3n) is 5.48. The third-order valence-corrected chi connectivity index (χ3v) is 6.37. The number of hydrogen-bond acceptors (Lipinski definition) is 4. The molecule has 5 nitrogen and oxygen atoms in total. The van der Waals surface area contributed by atoms with E-state index in [0.717, 1.165) is 24.8 Å². The summed E-state index contributed by atoms with van der Waals surface area (Å²) >= 11 is 0. The molecule has 31 heavy (non-hydrogen) atoms. The standard InChI is InChI=1S/C25H36O5S/c1-2-3-4-5-6-7-8-9-10-11-12-16-21-17-15-19-23(25(21)26)30-22-18-13-14-20-24(22)31(27,28)29/h13-15,17-20,26H,2-12,16H2,1H3,(H,27,28,29). The number of ether oxygens (including phenoxy) is 1. The normalized spacial score (nSPS) is 11.5. The summed E-state index contributed by atoms with van der Waals surface area (Å²) in [7, 11) is -4.42. The first-order chi connectivity index (χ1) is 14.9. The summed E-state index contributed by atoms with van der Waals surface area (Å²) in [5, 5.41) is 10.6. The van der Waals surface area contributed by atoms with Crippen LogP contribution in [0.3, 0.4) is 0 Å². The number of hydrogen-bond donors (Lipinski definition) is 2. The summed E-state index contributed by atoms with van der Waals surface area (Å²) in [5.74, 6) is 0.170. The number of phenols is 1. The molecule has 0 radical (unpaired) electrons. The van der Waals surface area contributed by atoms with Crippen molar-refractivity contribution in [2.45, 2.75) is 88.9 Å². The van der Waals surface area contributed by atoms with Gasteiger partial charge >= 0.3 is 0 Å². The molecule has 0 atom stereocenters. The van der Waals surface area contributed by atoms with Crippen molar-refractivity contribution in [3.8, 4) is 17.2 Å². The number of rotatable bonds is 15. The number of para-hydroxylation sites is 2. The van der Waals surface area contributed by atoms with Crippen LogP contribution in [0.2, 0.25) is 0 Å². The van der Waals surface area contributed by atoms with E-state index in [9.17, 15) is 18.1 Å². The lowest BCUT2D eigenvalue weighted by molar-refractivity contribution is 0.397. The average molecular weight is 449 g/mol. The van der Waals surface area contributed by atoms with Gasteiger partial charge in [0.05, 0.1) is 0 Å². The maximum Gasteiger partial charge on any atom is 0.298 e. The monoisotopic (exact) mass is 448 g/mol. The molecule has 2 N–H and O–H groups in total. The van der Waals surface area contributed by atoms with Crippen molar-refractivity contribution in [3.63, 3.8) is 0 Å². The summed E-state index contributed by atoms with van der Waals surface area (Å²) in [6.45, 7) is 2.24. The Kier molecular flexibility index (Phi) is 10.9. The molecule has 0 aromatic heterocycles. The summed E-state index contributed by atoms with van der Waals surface area (Å²) in [5.41, 5.74) is 0.776. The molecule has 0 saturated heterocycles. The molecule has 0 heterocycles. The van der Waals surface area contributed by atoms with E-state index in [-0.39, 0.29) is 22.1 Å². The molecule has 0 aliphatic heterocycles. The van der Waals surface area contributed by atoms with Crippen LogP contribution in [0, 0.1) is 0 Å². The molecular weight excluding hydrogens is 412 g/mol. The molecule has 2 aromatic carbocycles. The molecule has 0 amide bonds. The van der Waals surface area contributed by atoms with E-state index in [1.807, 2.05) is 6.07 Å². The minimum atomic E-state index is -4.42. The number of unbranched alkanes of at least 4 members (excludes halogenated alkanes) is 10. The highest BCUT2D eigenvalue weighted by molar-refractivity contribution is 7.86. The van der Waals surface area contributed by atoms with E-state index >= 15 is 0 Å². The van der Waals surface area contributed by atoms with Crippen LogP contribution < -0.4 is 4.74 Å². The minimum absolute atomic E-state index is 0.0136. The molecule has 2 rings (SSSR count). The average Bonchev–Trinajstić information content (AvgIpc) is 2.74. The zero-order valence-electron chi connectivity index (χ0n) is 18.6. The van der Waals surface area contributed by atoms with Crippen LogP contribution in [0.5, 0.6) is 17.2 Å². The Labute approximate surface area is 187 Å². The van der Waals surface area contributed by atoms with E-state index in [1.54, 1.807) is 18.2 Å². The van der Waals surface area contributed by atoms with Crippen molar-refractivity contribution < 1.29 is 22.8 Å². The van der Waals surface area contributed by atoms with Gasteiger partial charge in [-0.1, -0.05) is 95.4 Å². The lowest BCUT2D eigenvalue weighted by atomic mass is 10.0. The first-order valence-corrected chi connectivity index (χ1v) is 12.9. The highest BCUT2D eigenvalue weighted by Gasteiger charge is 2.18. The highest BCUT2D eigenvalue weighted by atomic mass is 32.2. The van der Waals surface area contributed by atoms with Gasteiger partial charge in [-0.2, -0.15) is 8.42 Å². The number of aryl methyl sites for hydroxylation is 1. The second-order valence-corrected chi connectivity index (χ2v) is 9.46. The number of benzene rings is 2. The fraction of sp³-hybridized carbons (Fsp3) is 0.520. The fourth-order valence-electron chi connectivity index (χ4n) is 3.70. The lowest BCUT2D eigenvalue weighted by Crippen LogP contribution is -2.01. The van der Waals surface area contributed by atoms with E-state index in [1.165, 1.54) is 76.0 Å². The van der Waals surface area contributed by atoms with Crippen LogP contribution in [0.25, 0.3) is 0 Å². The Morgan fingerprint density at radius 2 is 1.29 bits per heavy atom.